The van der Waals surface area contributed by atoms with Crippen LogP contribution in [0, 0.1) is 23.3 Å². The van der Waals surface area contributed by atoms with Crippen LogP contribution in [0.2, 0.25) is 0 Å². The molecule has 0 aliphatic heterocycles. The monoisotopic (exact) mass is 383 g/mol. The van der Waals surface area contributed by atoms with E-state index in [4.69, 9.17) is 0 Å². The fraction of sp³-hybridized carbons (Fsp3) is 0.174. The molecule has 1 aromatic heterocycles. The lowest BCUT2D eigenvalue weighted by atomic mass is 9.98. The summed E-state index contributed by atoms with van der Waals surface area (Å²) in [6.45, 7) is 2.05. The molecule has 1 aliphatic carbocycles. The van der Waals surface area contributed by atoms with Crippen LogP contribution in [-0.4, -0.2) is 4.98 Å². The maximum Gasteiger partial charge on any atom is 0.159 e. The van der Waals surface area contributed by atoms with Crippen molar-refractivity contribution in [1.82, 2.24) is 4.98 Å². The molecule has 0 N–H and O–H groups in total. The first-order valence-corrected chi connectivity index (χ1v) is 9.09. The smallest absolute Gasteiger partial charge is 0.159 e. The van der Waals surface area contributed by atoms with Crippen LogP contribution in [0.25, 0.3) is 22.8 Å². The maximum atomic E-state index is 14.8. The van der Waals surface area contributed by atoms with E-state index in [9.17, 15) is 17.6 Å². The summed E-state index contributed by atoms with van der Waals surface area (Å²) in [7, 11) is 0. The number of hydrogen-bond donors (Lipinski definition) is 0. The molecule has 142 valence electrons. The Morgan fingerprint density at radius 1 is 0.857 bits per heavy atom. The molecule has 3 aromatic rings. The van der Waals surface area contributed by atoms with Crippen LogP contribution in [0.5, 0.6) is 0 Å². The molecule has 0 amide bonds. The minimum absolute atomic E-state index is 0.146. The molecule has 5 heteroatoms. The number of fused-ring (bicyclic) bond motifs is 1. The van der Waals surface area contributed by atoms with Crippen LogP contribution in [0.15, 0.2) is 42.6 Å². The van der Waals surface area contributed by atoms with Crippen LogP contribution in [0.3, 0.4) is 0 Å². The predicted molar refractivity (Wildman–Crippen MR) is 102 cm³/mol. The van der Waals surface area contributed by atoms with Crippen LogP contribution in [0.4, 0.5) is 17.6 Å². The number of nitrogens with zero attached hydrogens (tertiary/aromatic N) is 1. The Kier molecular flexibility index (Phi) is 4.75. The highest BCUT2D eigenvalue weighted by molar-refractivity contribution is 5.89. The van der Waals surface area contributed by atoms with Gasteiger partial charge in [-0.15, -0.1) is 0 Å². The normalized spacial score (nSPS) is 12.8. The summed E-state index contributed by atoms with van der Waals surface area (Å²) in [5, 5.41) is 0. The number of pyridine rings is 1. The van der Waals surface area contributed by atoms with E-state index in [1.807, 2.05) is 6.07 Å². The second-order valence-electron chi connectivity index (χ2n) is 6.91. The van der Waals surface area contributed by atoms with Crippen molar-refractivity contribution in [3.05, 3.63) is 88.2 Å². The summed E-state index contributed by atoms with van der Waals surface area (Å²) in [6, 6.07) is 8.29. The molecule has 1 nitrogen and oxygen atoms in total. The Hall–Kier alpha value is -2.95. The van der Waals surface area contributed by atoms with Gasteiger partial charge in [-0.2, -0.15) is 0 Å². The van der Waals surface area contributed by atoms with Gasteiger partial charge in [0.1, 0.15) is 11.6 Å². The molecular weight excluding hydrogens is 366 g/mol. The number of aryl methyl sites for hydroxylation is 1. The highest BCUT2D eigenvalue weighted by atomic mass is 19.2. The van der Waals surface area contributed by atoms with Crippen molar-refractivity contribution in [2.75, 3.05) is 0 Å². The average molecular weight is 383 g/mol. The van der Waals surface area contributed by atoms with Gasteiger partial charge >= 0.3 is 0 Å². The summed E-state index contributed by atoms with van der Waals surface area (Å²) >= 11 is 0. The number of halogens is 4. The van der Waals surface area contributed by atoms with Gasteiger partial charge in [-0.1, -0.05) is 25.5 Å². The molecule has 0 spiro atoms. The number of benzene rings is 2. The minimum atomic E-state index is -0.980. The van der Waals surface area contributed by atoms with E-state index >= 15 is 0 Å². The van der Waals surface area contributed by atoms with E-state index in [-0.39, 0.29) is 12.0 Å². The molecular formula is C23H17F4N. The zero-order valence-corrected chi connectivity index (χ0v) is 15.2. The van der Waals surface area contributed by atoms with Gasteiger partial charge in [0, 0.05) is 23.0 Å². The Labute approximate surface area is 160 Å². The minimum Gasteiger partial charge on any atom is -0.261 e. The van der Waals surface area contributed by atoms with E-state index in [1.165, 1.54) is 18.2 Å². The third kappa shape index (κ3) is 3.33. The molecule has 1 aliphatic rings. The van der Waals surface area contributed by atoms with Crippen molar-refractivity contribution < 1.29 is 17.6 Å². The first kappa shape index (κ1) is 18.4. The van der Waals surface area contributed by atoms with Gasteiger partial charge in [-0.3, -0.25) is 4.98 Å². The predicted octanol–water partition coefficient (Wildman–Crippen LogP) is 6.35. The van der Waals surface area contributed by atoms with Crippen molar-refractivity contribution in [2.45, 2.75) is 26.2 Å². The fourth-order valence-electron chi connectivity index (χ4n) is 3.54. The van der Waals surface area contributed by atoms with Gasteiger partial charge in [-0.25, -0.2) is 17.6 Å². The zero-order chi connectivity index (χ0) is 19.8. The zero-order valence-electron chi connectivity index (χ0n) is 15.2. The number of aromatic nitrogens is 1. The molecule has 0 saturated heterocycles. The van der Waals surface area contributed by atoms with Gasteiger partial charge in [-0.05, 0) is 65.4 Å². The molecule has 1 heterocycles. The third-order valence-electron chi connectivity index (χ3n) is 4.92. The van der Waals surface area contributed by atoms with Gasteiger partial charge in [0.2, 0.25) is 0 Å². The molecule has 0 atom stereocenters. The summed E-state index contributed by atoms with van der Waals surface area (Å²) in [4.78, 5) is 4.32. The molecule has 0 fully saturated rings. The van der Waals surface area contributed by atoms with Crippen LogP contribution >= 0.6 is 0 Å². The van der Waals surface area contributed by atoms with Crippen LogP contribution in [-0.2, 0) is 12.8 Å². The Morgan fingerprint density at radius 3 is 2.21 bits per heavy atom. The molecule has 0 saturated carbocycles. The Morgan fingerprint density at radius 2 is 1.57 bits per heavy atom. The molecule has 0 bridgehead atoms. The first-order chi connectivity index (χ1) is 13.5. The van der Waals surface area contributed by atoms with Crippen LogP contribution < -0.4 is 0 Å². The summed E-state index contributed by atoms with van der Waals surface area (Å²) in [5.41, 5.74) is 3.07. The third-order valence-corrected chi connectivity index (χ3v) is 4.92. The van der Waals surface area contributed by atoms with E-state index in [2.05, 4.69) is 11.9 Å². The molecule has 4 rings (SSSR count). The maximum absolute atomic E-state index is 14.8. The van der Waals surface area contributed by atoms with E-state index in [0.717, 1.165) is 30.7 Å². The van der Waals surface area contributed by atoms with E-state index < -0.39 is 23.3 Å². The second-order valence-corrected chi connectivity index (χ2v) is 6.91. The van der Waals surface area contributed by atoms with E-state index in [0.29, 0.717) is 27.8 Å². The topological polar surface area (TPSA) is 12.9 Å². The standard InChI is InChI=1S/C23H17F4N/c1-2-3-18-5-4-13(12-28-18)16-10-21(26)23(22(27)11-16)17-6-14-8-19(24)20(25)9-15(14)7-17/h4-6,8-12H,2-3,7H2,1H3. The summed E-state index contributed by atoms with van der Waals surface area (Å²) in [5.74, 6) is -3.38. The first-order valence-electron chi connectivity index (χ1n) is 9.09. The van der Waals surface area contributed by atoms with Crippen molar-refractivity contribution in [3.8, 4) is 11.1 Å². The summed E-state index contributed by atoms with van der Waals surface area (Å²) in [6.07, 6.45) is 5.07. The number of allylic oxidation sites excluding steroid dienone is 1. The molecule has 0 radical (unpaired) electrons. The average Bonchev–Trinajstić information content (AvgIpc) is 3.04. The van der Waals surface area contributed by atoms with Crippen molar-refractivity contribution in [2.24, 2.45) is 0 Å². The van der Waals surface area contributed by atoms with Gasteiger partial charge in [0.05, 0.1) is 0 Å². The second kappa shape index (κ2) is 7.23. The molecule has 0 unspecified atom stereocenters. The highest BCUT2D eigenvalue weighted by Crippen LogP contribution is 2.36. The molecule has 28 heavy (non-hydrogen) atoms. The van der Waals surface area contributed by atoms with E-state index in [1.54, 1.807) is 12.3 Å². The van der Waals surface area contributed by atoms with Gasteiger partial charge in [0.15, 0.2) is 11.6 Å². The van der Waals surface area contributed by atoms with Crippen molar-refractivity contribution in [3.63, 3.8) is 0 Å². The fourth-order valence-corrected chi connectivity index (χ4v) is 3.54. The number of hydrogen-bond acceptors (Lipinski definition) is 1. The van der Waals surface area contributed by atoms with Gasteiger partial charge < -0.3 is 0 Å². The summed E-state index contributed by atoms with van der Waals surface area (Å²) < 4.78 is 56.4. The Bertz CT molecular complexity index is 1060. The quantitative estimate of drug-likeness (QED) is 0.478. The Balaban J connectivity index is 1.68. The molecule has 2 aromatic carbocycles. The lowest BCUT2D eigenvalue weighted by molar-refractivity contribution is 0.507. The van der Waals surface area contributed by atoms with Crippen molar-refractivity contribution in [1.29, 1.82) is 0 Å². The number of rotatable bonds is 4. The van der Waals surface area contributed by atoms with Gasteiger partial charge in [0.25, 0.3) is 0 Å². The lowest BCUT2D eigenvalue weighted by Crippen LogP contribution is -1.98. The SMILES string of the molecule is CCCc1ccc(-c2cc(F)c(C3=Cc4cc(F)c(F)cc4C3)c(F)c2)cn1. The largest absolute Gasteiger partial charge is 0.261 e. The highest BCUT2D eigenvalue weighted by Gasteiger charge is 2.23. The van der Waals surface area contributed by atoms with Crippen molar-refractivity contribution >= 4 is 11.6 Å². The van der Waals surface area contributed by atoms with Crippen LogP contribution in [0.1, 0.15) is 35.7 Å². The lowest BCUT2D eigenvalue weighted by Gasteiger charge is -2.10.